The Bertz CT molecular complexity index is 1060. The third-order valence-corrected chi connectivity index (χ3v) is 5.99. The Balaban J connectivity index is 1.37. The van der Waals surface area contributed by atoms with Crippen molar-refractivity contribution >= 4 is 34.1 Å². The van der Waals surface area contributed by atoms with E-state index >= 15 is 0 Å². The second-order valence-electron chi connectivity index (χ2n) is 8.29. The van der Waals surface area contributed by atoms with Gasteiger partial charge in [-0.2, -0.15) is 0 Å². The number of aliphatic imine (C=N–C) groups is 2. The molecular formula is C25H29N3O4S. The van der Waals surface area contributed by atoms with E-state index in [4.69, 9.17) is 24.2 Å². The van der Waals surface area contributed by atoms with E-state index in [9.17, 15) is 4.79 Å². The second-order valence-corrected chi connectivity index (χ2v) is 9.26. The van der Waals surface area contributed by atoms with Crippen molar-refractivity contribution in [1.29, 1.82) is 0 Å². The van der Waals surface area contributed by atoms with Gasteiger partial charge >= 0.3 is 0 Å². The predicted octanol–water partition coefficient (Wildman–Crippen LogP) is 4.95. The molecule has 33 heavy (non-hydrogen) atoms. The van der Waals surface area contributed by atoms with Gasteiger partial charge in [0.15, 0.2) is 11.5 Å². The Morgan fingerprint density at radius 2 is 1.85 bits per heavy atom. The summed E-state index contributed by atoms with van der Waals surface area (Å²) in [6, 6.07) is 13.3. The van der Waals surface area contributed by atoms with E-state index < -0.39 is 5.66 Å². The summed E-state index contributed by atoms with van der Waals surface area (Å²) >= 11 is 1.39. The Kier molecular flexibility index (Phi) is 7.23. The van der Waals surface area contributed by atoms with Gasteiger partial charge in [0.05, 0.1) is 18.1 Å². The first-order valence-corrected chi connectivity index (χ1v) is 12.2. The predicted molar refractivity (Wildman–Crippen MR) is 133 cm³/mol. The molecule has 1 amide bonds. The molecule has 0 spiro atoms. The van der Waals surface area contributed by atoms with Crippen molar-refractivity contribution in [1.82, 2.24) is 0 Å². The lowest BCUT2D eigenvalue weighted by Crippen LogP contribution is -2.19. The van der Waals surface area contributed by atoms with Crippen LogP contribution >= 0.6 is 11.8 Å². The molecule has 2 aromatic rings. The van der Waals surface area contributed by atoms with Crippen molar-refractivity contribution in [3.63, 3.8) is 0 Å². The van der Waals surface area contributed by atoms with Crippen LogP contribution in [0.1, 0.15) is 39.2 Å². The van der Waals surface area contributed by atoms with Gasteiger partial charge in [0.25, 0.3) is 0 Å². The number of benzene rings is 2. The summed E-state index contributed by atoms with van der Waals surface area (Å²) in [7, 11) is 0. The van der Waals surface area contributed by atoms with Gasteiger partial charge in [0.1, 0.15) is 29.7 Å². The molecule has 1 N–H and O–H groups in total. The highest BCUT2D eigenvalue weighted by Gasteiger charge is 2.28. The molecule has 174 valence electrons. The van der Waals surface area contributed by atoms with Crippen LogP contribution in [0.4, 0.5) is 5.69 Å². The highest BCUT2D eigenvalue weighted by atomic mass is 32.2. The first-order chi connectivity index (χ1) is 15.9. The Hall–Kier alpha value is -3.00. The fraction of sp³-hybridized carbons (Fsp3) is 0.400. The lowest BCUT2D eigenvalue weighted by atomic mass is 10.1. The van der Waals surface area contributed by atoms with E-state index in [1.807, 2.05) is 44.2 Å². The van der Waals surface area contributed by atoms with E-state index in [0.29, 0.717) is 37.0 Å². The molecule has 7 nitrogen and oxygen atoms in total. The van der Waals surface area contributed by atoms with Crippen LogP contribution in [0, 0.1) is 0 Å². The molecule has 0 bridgehead atoms. The van der Waals surface area contributed by atoms with Crippen molar-refractivity contribution in [3.05, 3.63) is 48.0 Å². The fourth-order valence-electron chi connectivity index (χ4n) is 3.43. The molecule has 0 fully saturated rings. The number of rotatable bonds is 8. The normalized spacial score (nSPS) is 16.1. The van der Waals surface area contributed by atoms with E-state index in [2.05, 4.69) is 12.2 Å². The average Bonchev–Trinajstić information content (AvgIpc) is 3.12. The summed E-state index contributed by atoms with van der Waals surface area (Å²) in [5.41, 5.74) is 1.88. The maximum Gasteiger partial charge on any atom is 0.234 e. The van der Waals surface area contributed by atoms with Gasteiger partial charge in [-0.05, 0) is 56.7 Å². The largest absolute Gasteiger partial charge is 0.494 e. The molecule has 2 heterocycles. The summed E-state index contributed by atoms with van der Waals surface area (Å²) in [6.45, 7) is 7.80. The Morgan fingerprint density at radius 1 is 1.09 bits per heavy atom. The first-order valence-electron chi connectivity index (χ1n) is 11.2. The molecule has 0 radical (unpaired) electrons. The van der Waals surface area contributed by atoms with Crippen molar-refractivity contribution in [3.8, 4) is 17.2 Å². The quantitative estimate of drug-likeness (QED) is 0.556. The summed E-state index contributed by atoms with van der Waals surface area (Å²) < 4.78 is 16.9. The van der Waals surface area contributed by atoms with E-state index in [1.54, 1.807) is 12.1 Å². The number of hydrogen-bond acceptors (Lipinski definition) is 7. The zero-order valence-corrected chi connectivity index (χ0v) is 20.0. The van der Waals surface area contributed by atoms with Crippen LogP contribution in [0.5, 0.6) is 17.2 Å². The second kappa shape index (κ2) is 10.3. The third-order valence-electron chi connectivity index (χ3n) is 5.02. The van der Waals surface area contributed by atoms with Crippen molar-refractivity contribution < 1.29 is 19.0 Å². The van der Waals surface area contributed by atoms with Crippen LogP contribution in [0.3, 0.4) is 0 Å². The van der Waals surface area contributed by atoms with Gasteiger partial charge < -0.3 is 19.5 Å². The molecule has 2 aromatic carbocycles. The summed E-state index contributed by atoms with van der Waals surface area (Å²) in [5.74, 6) is 2.28. The van der Waals surface area contributed by atoms with Crippen molar-refractivity contribution in [2.45, 2.75) is 39.3 Å². The molecule has 0 saturated heterocycles. The van der Waals surface area contributed by atoms with Gasteiger partial charge in [-0.25, -0.2) is 4.99 Å². The molecule has 0 unspecified atom stereocenters. The topological polar surface area (TPSA) is 81.5 Å². The number of ether oxygens (including phenoxy) is 3. The van der Waals surface area contributed by atoms with E-state index in [1.165, 1.54) is 11.8 Å². The number of nitrogens with zero attached hydrogens (tertiary/aromatic N) is 2. The minimum Gasteiger partial charge on any atom is -0.494 e. The average molecular weight is 468 g/mol. The Labute approximate surface area is 198 Å². The maximum atomic E-state index is 12.6. The molecule has 8 heteroatoms. The molecule has 0 aromatic heterocycles. The summed E-state index contributed by atoms with van der Waals surface area (Å²) in [5, 5.41) is 3.68. The highest BCUT2D eigenvalue weighted by molar-refractivity contribution is 8.16. The number of nitrogens with one attached hydrogen (secondary N) is 1. The molecule has 2 aliphatic heterocycles. The van der Waals surface area contributed by atoms with Gasteiger partial charge in [-0.3, -0.25) is 9.79 Å². The molecule has 2 aliphatic rings. The Morgan fingerprint density at radius 3 is 2.61 bits per heavy atom. The standard InChI is InChI=1S/C25H29N3O4S/c1-4-5-12-30-19-9-6-17(7-10-19)23-24(28-25(2,3)27-23)33-16-22(29)26-18-8-11-20-21(15-18)32-14-13-31-20/h6-11,15H,4-5,12-14,16H2,1-3H3,(H,26,29). The van der Waals surface area contributed by atoms with Gasteiger partial charge in [0.2, 0.25) is 5.91 Å². The van der Waals surface area contributed by atoms with Crippen LogP contribution in [0.2, 0.25) is 0 Å². The number of unbranched alkanes of at least 4 members (excludes halogenated alkanes) is 1. The smallest absolute Gasteiger partial charge is 0.234 e. The number of carbonyl (C=O) groups excluding carboxylic acids is 1. The lowest BCUT2D eigenvalue weighted by Gasteiger charge is -2.19. The number of amides is 1. The molecule has 0 aliphatic carbocycles. The molecule has 0 saturated carbocycles. The number of hydrogen-bond donors (Lipinski definition) is 1. The van der Waals surface area contributed by atoms with Crippen molar-refractivity contribution in [2.75, 3.05) is 30.9 Å². The lowest BCUT2D eigenvalue weighted by molar-refractivity contribution is -0.113. The minimum atomic E-state index is -0.555. The van der Waals surface area contributed by atoms with E-state index in [0.717, 1.165) is 34.9 Å². The molecule has 4 rings (SSSR count). The monoisotopic (exact) mass is 467 g/mol. The number of fused-ring (bicyclic) bond motifs is 1. The van der Waals surface area contributed by atoms with Crippen LogP contribution in [0.25, 0.3) is 0 Å². The zero-order valence-electron chi connectivity index (χ0n) is 19.2. The highest BCUT2D eigenvalue weighted by Crippen LogP contribution is 2.33. The number of anilines is 1. The molecular weight excluding hydrogens is 438 g/mol. The van der Waals surface area contributed by atoms with Crippen LogP contribution < -0.4 is 19.5 Å². The van der Waals surface area contributed by atoms with Crippen LogP contribution in [-0.4, -0.2) is 47.9 Å². The molecule has 0 atom stereocenters. The van der Waals surface area contributed by atoms with E-state index in [-0.39, 0.29) is 11.7 Å². The van der Waals surface area contributed by atoms with Gasteiger partial charge in [0, 0.05) is 17.3 Å². The number of carbonyl (C=O) groups is 1. The summed E-state index contributed by atoms with van der Waals surface area (Å²) in [4.78, 5) is 22.1. The third kappa shape index (κ3) is 6.07. The maximum absolute atomic E-state index is 12.6. The van der Waals surface area contributed by atoms with Gasteiger partial charge in [-0.1, -0.05) is 25.1 Å². The first kappa shape index (κ1) is 23.2. The van der Waals surface area contributed by atoms with Crippen LogP contribution in [-0.2, 0) is 4.79 Å². The zero-order chi connectivity index (χ0) is 23.3. The summed E-state index contributed by atoms with van der Waals surface area (Å²) in [6.07, 6.45) is 2.13. The van der Waals surface area contributed by atoms with Crippen molar-refractivity contribution in [2.24, 2.45) is 9.98 Å². The fourth-order valence-corrected chi connectivity index (χ4v) is 4.36. The van der Waals surface area contributed by atoms with Crippen LogP contribution in [0.15, 0.2) is 52.4 Å². The van der Waals surface area contributed by atoms with Gasteiger partial charge in [-0.15, -0.1) is 0 Å². The number of thioether (sulfide) groups is 1. The minimum absolute atomic E-state index is 0.122. The SMILES string of the molecule is CCCCOc1ccc(C2=NC(C)(C)N=C2SCC(=O)Nc2ccc3c(c2)OCCO3)cc1.